The van der Waals surface area contributed by atoms with E-state index in [4.69, 9.17) is 15.9 Å². The zero-order valence-corrected chi connectivity index (χ0v) is 16.4. The molecule has 0 fully saturated rings. The summed E-state index contributed by atoms with van der Waals surface area (Å²) in [6, 6.07) is 1.77. The minimum atomic E-state index is -0.796. The van der Waals surface area contributed by atoms with E-state index in [1.807, 2.05) is 13.8 Å². The van der Waals surface area contributed by atoms with Gasteiger partial charge in [0.15, 0.2) is 23.6 Å². The Morgan fingerprint density at radius 2 is 1.88 bits per heavy atom. The smallest absolute Gasteiger partial charge is 0.177 e. The fourth-order valence-corrected chi connectivity index (χ4v) is 2.46. The van der Waals surface area contributed by atoms with Crippen LogP contribution in [0.25, 0.3) is 0 Å². The number of rotatable bonds is 7. The normalized spacial score (nSPS) is 10.5. The van der Waals surface area contributed by atoms with Crippen molar-refractivity contribution in [2.45, 2.75) is 46.5 Å². The molecule has 0 saturated heterocycles. The Morgan fingerprint density at radius 1 is 1.27 bits per heavy atom. The maximum absolute atomic E-state index is 12.1. The molecule has 0 aromatic heterocycles. The van der Waals surface area contributed by atoms with Crippen LogP contribution < -0.4 is 9.47 Å². The van der Waals surface area contributed by atoms with Gasteiger partial charge in [0.25, 0.3) is 0 Å². The van der Waals surface area contributed by atoms with Gasteiger partial charge >= 0.3 is 0 Å². The van der Waals surface area contributed by atoms with Crippen LogP contribution in [0.3, 0.4) is 0 Å². The first kappa shape index (κ1) is 21.3. The van der Waals surface area contributed by atoms with Crippen LogP contribution in [0.2, 0.25) is 0 Å². The van der Waals surface area contributed by atoms with Gasteiger partial charge in [-0.25, -0.2) is 0 Å². The number of hydrogen-bond acceptors (Lipinski definition) is 4. The van der Waals surface area contributed by atoms with Crippen molar-refractivity contribution in [2.75, 3.05) is 14.2 Å². The van der Waals surface area contributed by atoms with E-state index in [9.17, 15) is 9.59 Å². The molecule has 0 aliphatic heterocycles. The lowest BCUT2D eigenvalue weighted by molar-refractivity contribution is -0.124. The fourth-order valence-electron chi connectivity index (χ4n) is 2.46. The Bertz CT molecular complexity index is 783. The van der Waals surface area contributed by atoms with Crippen LogP contribution >= 0.6 is 0 Å². The number of carbonyl (C=O) groups is 2. The van der Waals surface area contributed by atoms with E-state index in [0.29, 0.717) is 29.0 Å². The number of methoxy groups -OCH3 is 2. The Morgan fingerprint density at radius 3 is 2.35 bits per heavy atom. The van der Waals surface area contributed by atoms with E-state index in [1.54, 1.807) is 27.0 Å². The molecule has 138 valence electrons. The Hall–Kier alpha value is -2.72. The molecule has 0 bridgehead atoms. The molecule has 0 spiro atoms. The summed E-state index contributed by atoms with van der Waals surface area (Å²) < 4.78 is 11.0. The van der Waals surface area contributed by atoms with Crippen molar-refractivity contribution in [1.29, 1.82) is 0 Å². The van der Waals surface area contributed by atoms with Crippen molar-refractivity contribution in [2.24, 2.45) is 5.41 Å². The van der Waals surface area contributed by atoms with E-state index in [1.165, 1.54) is 7.11 Å². The van der Waals surface area contributed by atoms with Gasteiger partial charge in [-0.05, 0) is 25.8 Å². The summed E-state index contributed by atoms with van der Waals surface area (Å²) in [5.74, 6) is 9.51. The molecule has 1 rings (SSSR count). The standard InChI is InChI=1S/C22H26O4/c1-8-22(4,5)19(24)12-10-9-11-17-16(14-23)13-18(15(2)3)21(26-7)20(17)25-6/h1,13-15H,10,12H2,2-7H3. The van der Waals surface area contributed by atoms with Crippen molar-refractivity contribution in [1.82, 2.24) is 0 Å². The zero-order chi connectivity index (χ0) is 19.9. The summed E-state index contributed by atoms with van der Waals surface area (Å²) in [7, 11) is 3.07. The lowest BCUT2D eigenvalue weighted by Crippen LogP contribution is -2.21. The molecular formula is C22H26O4. The molecule has 4 heteroatoms. The lowest BCUT2D eigenvalue weighted by atomic mass is 9.87. The molecule has 0 N–H and O–H groups in total. The molecule has 0 aliphatic rings. The van der Waals surface area contributed by atoms with E-state index >= 15 is 0 Å². The molecule has 26 heavy (non-hydrogen) atoms. The van der Waals surface area contributed by atoms with E-state index in [0.717, 1.165) is 11.8 Å². The second-order valence-corrected chi connectivity index (χ2v) is 6.76. The van der Waals surface area contributed by atoms with Gasteiger partial charge in [0.1, 0.15) is 0 Å². The fraction of sp³-hybridized carbons (Fsp3) is 0.455. The number of Topliss-reactive ketones (excluding diaryl/α,β-unsaturated/α-hetero) is 1. The largest absolute Gasteiger partial charge is 0.493 e. The molecule has 0 radical (unpaired) electrons. The molecule has 0 aliphatic carbocycles. The van der Waals surface area contributed by atoms with Gasteiger partial charge in [0.2, 0.25) is 0 Å². The van der Waals surface area contributed by atoms with Gasteiger partial charge in [-0.1, -0.05) is 31.6 Å². The van der Waals surface area contributed by atoms with Crippen molar-refractivity contribution in [3.8, 4) is 35.7 Å². The summed E-state index contributed by atoms with van der Waals surface area (Å²) in [6.07, 6.45) is 6.73. The average Bonchev–Trinajstić information content (AvgIpc) is 2.63. The number of ether oxygens (including phenoxy) is 2. The number of carbonyl (C=O) groups excluding carboxylic acids is 2. The lowest BCUT2D eigenvalue weighted by Gasteiger charge is -2.18. The maximum atomic E-state index is 12.1. The first-order chi connectivity index (χ1) is 12.2. The van der Waals surface area contributed by atoms with Gasteiger partial charge in [-0.3, -0.25) is 9.59 Å². The monoisotopic (exact) mass is 354 g/mol. The van der Waals surface area contributed by atoms with E-state index in [-0.39, 0.29) is 18.1 Å². The zero-order valence-electron chi connectivity index (χ0n) is 16.4. The molecule has 0 atom stereocenters. The van der Waals surface area contributed by atoms with Crippen LogP contribution in [-0.2, 0) is 4.79 Å². The third-order valence-electron chi connectivity index (χ3n) is 4.20. The van der Waals surface area contributed by atoms with Crippen LogP contribution in [0.4, 0.5) is 0 Å². The number of hydrogen-bond donors (Lipinski definition) is 0. The minimum absolute atomic E-state index is 0.0374. The molecule has 1 aromatic rings. The quantitative estimate of drug-likeness (QED) is 0.549. The maximum Gasteiger partial charge on any atom is 0.177 e. The highest BCUT2D eigenvalue weighted by Crippen LogP contribution is 2.39. The number of terminal acetylenes is 1. The second-order valence-electron chi connectivity index (χ2n) is 6.76. The van der Waals surface area contributed by atoms with Crippen LogP contribution in [0.15, 0.2) is 6.07 Å². The highest BCUT2D eigenvalue weighted by Gasteiger charge is 2.23. The van der Waals surface area contributed by atoms with Gasteiger partial charge in [0.05, 0.1) is 25.2 Å². The summed E-state index contributed by atoms with van der Waals surface area (Å²) in [6.45, 7) is 7.45. The summed E-state index contributed by atoms with van der Waals surface area (Å²) in [4.78, 5) is 23.6. The topological polar surface area (TPSA) is 52.6 Å². The van der Waals surface area contributed by atoms with Crippen molar-refractivity contribution in [3.63, 3.8) is 0 Å². The van der Waals surface area contributed by atoms with Crippen LogP contribution in [0.5, 0.6) is 11.5 Å². The van der Waals surface area contributed by atoms with Crippen molar-refractivity contribution in [3.05, 3.63) is 22.8 Å². The van der Waals surface area contributed by atoms with Crippen molar-refractivity contribution < 1.29 is 19.1 Å². The predicted octanol–water partition coefficient (Wildman–Crippen LogP) is 4.00. The van der Waals surface area contributed by atoms with Gasteiger partial charge < -0.3 is 9.47 Å². The Labute approximate surface area is 156 Å². The Balaban J connectivity index is 3.24. The molecule has 1 aromatic carbocycles. The summed E-state index contributed by atoms with van der Waals surface area (Å²) in [5.41, 5.74) is 0.986. The Kier molecular flexibility index (Phi) is 7.47. The van der Waals surface area contributed by atoms with Crippen molar-refractivity contribution >= 4 is 12.1 Å². The first-order valence-electron chi connectivity index (χ1n) is 8.47. The van der Waals surface area contributed by atoms with E-state index in [2.05, 4.69) is 17.8 Å². The first-order valence-corrected chi connectivity index (χ1v) is 8.47. The number of benzene rings is 1. The van der Waals surface area contributed by atoms with Gasteiger partial charge in [-0.15, -0.1) is 6.42 Å². The number of ketones is 1. The molecule has 0 saturated carbocycles. The minimum Gasteiger partial charge on any atom is -0.493 e. The van der Waals surface area contributed by atoms with Gasteiger partial charge in [0, 0.05) is 24.0 Å². The third-order valence-corrected chi connectivity index (χ3v) is 4.20. The summed E-state index contributed by atoms with van der Waals surface area (Å²) >= 11 is 0. The summed E-state index contributed by atoms with van der Waals surface area (Å²) in [5, 5.41) is 0. The van der Waals surface area contributed by atoms with Crippen LogP contribution in [0, 0.1) is 29.6 Å². The molecule has 0 heterocycles. The highest BCUT2D eigenvalue weighted by atomic mass is 16.5. The number of aldehydes is 1. The van der Waals surface area contributed by atoms with Crippen LogP contribution in [-0.4, -0.2) is 26.3 Å². The van der Waals surface area contributed by atoms with Gasteiger partial charge in [-0.2, -0.15) is 0 Å². The molecule has 0 amide bonds. The average molecular weight is 354 g/mol. The van der Waals surface area contributed by atoms with Crippen LogP contribution in [0.1, 0.15) is 67.9 Å². The predicted molar refractivity (Wildman–Crippen MR) is 103 cm³/mol. The SMILES string of the molecule is C#CC(C)(C)C(=O)CCC#Cc1c(C=O)cc(C(C)C)c(OC)c1OC. The third kappa shape index (κ3) is 4.67. The van der Waals surface area contributed by atoms with E-state index < -0.39 is 5.41 Å². The second kappa shape index (κ2) is 9.11. The highest BCUT2D eigenvalue weighted by molar-refractivity contribution is 5.87. The molecule has 4 nitrogen and oxygen atoms in total. The molecular weight excluding hydrogens is 328 g/mol. The molecule has 0 unspecified atom stereocenters.